The maximum atomic E-state index is 12.0. The zero-order chi connectivity index (χ0) is 12.5. The third-order valence-corrected chi connectivity index (χ3v) is 4.26. The Labute approximate surface area is 106 Å². The summed E-state index contributed by atoms with van der Waals surface area (Å²) in [7, 11) is 0. The van der Waals surface area contributed by atoms with Crippen LogP contribution in [0.2, 0.25) is 0 Å². The molecule has 1 saturated carbocycles. The first kappa shape index (κ1) is 14.7. The normalized spacial score (nSPS) is 24.8. The summed E-state index contributed by atoms with van der Waals surface area (Å²) in [6.45, 7) is 3.05. The van der Waals surface area contributed by atoms with Crippen LogP contribution in [0.1, 0.15) is 71.1 Å². The molecular weight excluding hydrogens is 210 g/mol. The second kappa shape index (κ2) is 8.68. The minimum atomic E-state index is 0.396. The molecule has 0 unspecified atom stereocenters. The molecule has 1 rings (SSSR count). The summed E-state index contributed by atoms with van der Waals surface area (Å²) in [6.07, 6.45) is 11.5. The van der Waals surface area contributed by atoms with E-state index in [1.54, 1.807) is 0 Å². The zero-order valence-corrected chi connectivity index (χ0v) is 11.4. The predicted octanol–water partition coefficient (Wildman–Crippen LogP) is 3.68. The van der Waals surface area contributed by atoms with Crippen molar-refractivity contribution in [1.82, 2.24) is 0 Å². The van der Waals surface area contributed by atoms with Crippen molar-refractivity contribution in [1.29, 1.82) is 0 Å². The molecule has 0 radical (unpaired) electrons. The smallest absolute Gasteiger partial charge is 0.135 e. The number of ketones is 1. The average Bonchev–Trinajstić information content (AvgIpc) is 2.38. The lowest BCUT2D eigenvalue weighted by Gasteiger charge is -2.26. The summed E-state index contributed by atoms with van der Waals surface area (Å²) in [5.74, 6) is 1.82. The Kier molecular flexibility index (Phi) is 7.50. The van der Waals surface area contributed by atoms with E-state index < -0.39 is 0 Å². The minimum Gasteiger partial charge on any atom is -0.330 e. The van der Waals surface area contributed by atoms with E-state index in [4.69, 9.17) is 5.73 Å². The molecule has 0 bridgehead atoms. The maximum absolute atomic E-state index is 12.0. The van der Waals surface area contributed by atoms with Gasteiger partial charge in [0.05, 0.1) is 0 Å². The van der Waals surface area contributed by atoms with Gasteiger partial charge in [-0.15, -0.1) is 0 Å². The molecule has 2 nitrogen and oxygen atoms in total. The van der Waals surface area contributed by atoms with Crippen LogP contribution in [0.25, 0.3) is 0 Å². The SMILES string of the molecule is CCC1CCC(C(=O)CCCCCCN)CC1. The molecule has 0 aromatic carbocycles. The molecule has 0 aliphatic heterocycles. The van der Waals surface area contributed by atoms with Gasteiger partial charge in [-0.2, -0.15) is 0 Å². The Balaban J connectivity index is 2.08. The Morgan fingerprint density at radius 2 is 1.71 bits per heavy atom. The van der Waals surface area contributed by atoms with Gasteiger partial charge in [-0.25, -0.2) is 0 Å². The molecule has 0 amide bonds. The van der Waals surface area contributed by atoms with E-state index in [-0.39, 0.29) is 0 Å². The Bertz CT molecular complexity index is 207. The largest absolute Gasteiger partial charge is 0.330 e. The average molecular weight is 239 g/mol. The summed E-state index contributed by atoms with van der Waals surface area (Å²) in [4.78, 5) is 12.0. The summed E-state index contributed by atoms with van der Waals surface area (Å²) >= 11 is 0. The third-order valence-electron chi connectivity index (χ3n) is 4.26. The molecule has 0 atom stereocenters. The lowest BCUT2D eigenvalue weighted by atomic mass is 9.78. The topological polar surface area (TPSA) is 43.1 Å². The van der Waals surface area contributed by atoms with E-state index in [2.05, 4.69) is 6.92 Å². The lowest BCUT2D eigenvalue weighted by molar-refractivity contribution is -0.124. The van der Waals surface area contributed by atoms with Crippen molar-refractivity contribution in [3.8, 4) is 0 Å². The van der Waals surface area contributed by atoms with Gasteiger partial charge < -0.3 is 5.73 Å². The summed E-state index contributed by atoms with van der Waals surface area (Å²) in [6, 6.07) is 0. The van der Waals surface area contributed by atoms with E-state index in [0.29, 0.717) is 11.7 Å². The fourth-order valence-electron chi connectivity index (χ4n) is 2.89. The second-order valence-electron chi connectivity index (χ2n) is 5.55. The van der Waals surface area contributed by atoms with Crippen molar-refractivity contribution >= 4 is 5.78 Å². The van der Waals surface area contributed by atoms with Gasteiger partial charge in [0.2, 0.25) is 0 Å². The van der Waals surface area contributed by atoms with Gasteiger partial charge in [0, 0.05) is 12.3 Å². The minimum absolute atomic E-state index is 0.396. The number of hydrogen-bond acceptors (Lipinski definition) is 2. The predicted molar refractivity (Wildman–Crippen MR) is 72.9 cm³/mol. The number of carbonyl (C=O) groups excluding carboxylic acids is 1. The lowest BCUT2D eigenvalue weighted by Crippen LogP contribution is -2.21. The van der Waals surface area contributed by atoms with Crippen LogP contribution in [0.15, 0.2) is 0 Å². The molecule has 0 heterocycles. The van der Waals surface area contributed by atoms with Crippen LogP contribution in [0, 0.1) is 11.8 Å². The number of carbonyl (C=O) groups is 1. The fraction of sp³-hybridized carbons (Fsp3) is 0.933. The molecule has 17 heavy (non-hydrogen) atoms. The molecule has 2 heteroatoms. The summed E-state index contributed by atoms with van der Waals surface area (Å²) < 4.78 is 0. The van der Waals surface area contributed by atoms with Gasteiger partial charge >= 0.3 is 0 Å². The van der Waals surface area contributed by atoms with Crippen molar-refractivity contribution in [3.05, 3.63) is 0 Å². The number of nitrogens with two attached hydrogens (primary N) is 1. The van der Waals surface area contributed by atoms with Crippen LogP contribution < -0.4 is 5.73 Å². The molecule has 0 spiro atoms. The first-order chi connectivity index (χ1) is 8.27. The van der Waals surface area contributed by atoms with E-state index in [9.17, 15) is 4.79 Å². The van der Waals surface area contributed by atoms with Gasteiger partial charge in [0.25, 0.3) is 0 Å². The fourth-order valence-corrected chi connectivity index (χ4v) is 2.89. The number of unbranched alkanes of at least 4 members (excludes halogenated alkanes) is 3. The third kappa shape index (κ3) is 5.67. The van der Waals surface area contributed by atoms with Gasteiger partial charge in [-0.3, -0.25) is 4.79 Å². The van der Waals surface area contributed by atoms with Crippen molar-refractivity contribution in [2.24, 2.45) is 17.6 Å². The van der Waals surface area contributed by atoms with E-state index in [1.165, 1.54) is 32.1 Å². The molecule has 100 valence electrons. The van der Waals surface area contributed by atoms with Crippen LogP contribution in [0.5, 0.6) is 0 Å². The van der Waals surface area contributed by atoms with Crippen LogP contribution >= 0.6 is 0 Å². The van der Waals surface area contributed by atoms with Crippen molar-refractivity contribution in [2.75, 3.05) is 6.54 Å². The van der Waals surface area contributed by atoms with Crippen LogP contribution in [0.3, 0.4) is 0 Å². The molecular formula is C15H29NO. The van der Waals surface area contributed by atoms with Gasteiger partial charge in [-0.1, -0.05) is 26.2 Å². The highest BCUT2D eigenvalue weighted by molar-refractivity contribution is 5.80. The van der Waals surface area contributed by atoms with Crippen molar-refractivity contribution in [2.45, 2.75) is 71.1 Å². The standard InChI is InChI=1S/C15H29NO/c1-2-13-8-10-14(11-9-13)15(17)7-5-3-4-6-12-16/h13-14H,2-12,16H2,1H3. The van der Waals surface area contributed by atoms with E-state index in [0.717, 1.165) is 44.6 Å². The van der Waals surface area contributed by atoms with Crippen molar-refractivity contribution < 1.29 is 4.79 Å². The Morgan fingerprint density at radius 1 is 1.06 bits per heavy atom. The second-order valence-corrected chi connectivity index (χ2v) is 5.55. The Morgan fingerprint density at radius 3 is 2.29 bits per heavy atom. The number of Topliss-reactive ketones (excluding diaryl/α,β-unsaturated/α-hetero) is 1. The highest BCUT2D eigenvalue weighted by atomic mass is 16.1. The number of rotatable bonds is 8. The first-order valence-electron chi connectivity index (χ1n) is 7.50. The molecule has 0 saturated heterocycles. The van der Waals surface area contributed by atoms with E-state index >= 15 is 0 Å². The Hall–Kier alpha value is -0.370. The first-order valence-corrected chi connectivity index (χ1v) is 7.50. The molecule has 1 aliphatic rings. The molecule has 2 N–H and O–H groups in total. The number of hydrogen-bond donors (Lipinski definition) is 1. The monoisotopic (exact) mass is 239 g/mol. The molecule has 1 aliphatic carbocycles. The highest BCUT2D eigenvalue weighted by Crippen LogP contribution is 2.31. The summed E-state index contributed by atoms with van der Waals surface area (Å²) in [5, 5.41) is 0. The van der Waals surface area contributed by atoms with Crippen molar-refractivity contribution in [3.63, 3.8) is 0 Å². The van der Waals surface area contributed by atoms with Gasteiger partial charge in [-0.05, 0) is 51.0 Å². The van der Waals surface area contributed by atoms with Gasteiger partial charge in [0.1, 0.15) is 5.78 Å². The quantitative estimate of drug-likeness (QED) is 0.657. The highest BCUT2D eigenvalue weighted by Gasteiger charge is 2.24. The van der Waals surface area contributed by atoms with Crippen LogP contribution in [-0.2, 0) is 4.79 Å². The van der Waals surface area contributed by atoms with Gasteiger partial charge in [0.15, 0.2) is 0 Å². The zero-order valence-electron chi connectivity index (χ0n) is 11.4. The van der Waals surface area contributed by atoms with Crippen LogP contribution in [0.4, 0.5) is 0 Å². The molecule has 0 aromatic heterocycles. The van der Waals surface area contributed by atoms with Crippen LogP contribution in [-0.4, -0.2) is 12.3 Å². The summed E-state index contributed by atoms with van der Waals surface area (Å²) in [5.41, 5.74) is 5.45. The molecule has 1 fully saturated rings. The maximum Gasteiger partial charge on any atom is 0.135 e. The molecule has 0 aromatic rings. The van der Waals surface area contributed by atoms with E-state index in [1.807, 2.05) is 0 Å².